The monoisotopic (exact) mass is 533 g/mol. The molecule has 3 aromatic rings. The second kappa shape index (κ2) is 12.6. The zero-order valence-electron chi connectivity index (χ0n) is 20.4. The number of carboxylic acids is 1. The molecule has 0 amide bonds. The predicted molar refractivity (Wildman–Crippen MR) is 136 cm³/mol. The SMILES string of the molecule is CCc1cc(C(Cc2ccc(Cl)cc2)=NOCc2ccc(C(F)(F)F)cc2)ccc1OC(CC)C(=O)O. The molecule has 0 saturated carbocycles. The van der Waals surface area contributed by atoms with Gasteiger partial charge in [0.25, 0.3) is 0 Å². The summed E-state index contributed by atoms with van der Waals surface area (Å²) in [5.74, 6) is -0.549. The van der Waals surface area contributed by atoms with E-state index in [2.05, 4.69) is 5.16 Å². The standard InChI is InChI=1S/C28H27ClF3NO4/c1-3-20-16-21(9-14-26(20)37-25(4-2)27(34)35)24(15-18-7-12-23(29)13-8-18)33-36-17-19-5-10-22(11-6-19)28(30,31)32/h5-14,16,25H,3-4,15,17H2,1-2H3,(H,34,35). The molecule has 5 nitrogen and oxygen atoms in total. The number of aliphatic carboxylic acids is 1. The summed E-state index contributed by atoms with van der Waals surface area (Å²) in [6.07, 6.45) is -4.04. The van der Waals surface area contributed by atoms with Crippen LogP contribution in [0.25, 0.3) is 0 Å². The normalized spacial score (nSPS) is 12.8. The number of benzene rings is 3. The minimum atomic E-state index is -4.40. The van der Waals surface area contributed by atoms with E-state index in [1.807, 2.05) is 25.1 Å². The van der Waals surface area contributed by atoms with Gasteiger partial charge >= 0.3 is 12.1 Å². The van der Waals surface area contributed by atoms with Crippen LogP contribution in [-0.2, 0) is 35.3 Å². The van der Waals surface area contributed by atoms with Crippen LogP contribution in [0.3, 0.4) is 0 Å². The first-order valence-corrected chi connectivity index (χ1v) is 12.1. The Balaban J connectivity index is 1.86. The molecular weight excluding hydrogens is 507 g/mol. The van der Waals surface area contributed by atoms with Gasteiger partial charge in [-0.05, 0) is 72.0 Å². The van der Waals surface area contributed by atoms with Gasteiger partial charge in [-0.2, -0.15) is 13.2 Å². The van der Waals surface area contributed by atoms with Crippen molar-refractivity contribution < 1.29 is 32.6 Å². The van der Waals surface area contributed by atoms with Crippen molar-refractivity contribution in [3.05, 3.63) is 99.6 Å². The molecule has 9 heteroatoms. The van der Waals surface area contributed by atoms with Crippen molar-refractivity contribution in [1.82, 2.24) is 0 Å². The molecule has 0 aliphatic carbocycles. The lowest BCUT2D eigenvalue weighted by Crippen LogP contribution is -2.26. The summed E-state index contributed by atoms with van der Waals surface area (Å²) in [5.41, 5.74) is 2.88. The van der Waals surface area contributed by atoms with E-state index < -0.39 is 23.8 Å². The molecule has 0 bridgehead atoms. The van der Waals surface area contributed by atoms with Crippen LogP contribution in [0.4, 0.5) is 13.2 Å². The van der Waals surface area contributed by atoms with Gasteiger partial charge in [0, 0.05) is 17.0 Å². The quantitative estimate of drug-likeness (QED) is 0.207. The highest BCUT2D eigenvalue weighted by Crippen LogP contribution is 2.29. The summed E-state index contributed by atoms with van der Waals surface area (Å²) in [4.78, 5) is 17.0. The molecule has 0 fully saturated rings. The molecule has 0 heterocycles. The highest BCUT2D eigenvalue weighted by Gasteiger charge is 2.29. The lowest BCUT2D eigenvalue weighted by molar-refractivity contribution is -0.145. The summed E-state index contributed by atoms with van der Waals surface area (Å²) >= 11 is 6.01. The largest absolute Gasteiger partial charge is 0.479 e. The smallest absolute Gasteiger partial charge is 0.416 e. The van der Waals surface area contributed by atoms with Crippen LogP contribution >= 0.6 is 11.6 Å². The topological polar surface area (TPSA) is 68.1 Å². The third kappa shape index (κ3) is 7.98. The van der Waals surface area contributed by atoms with E-state index in [0.717, 1.165) is 28.8 Å². The van der Waals surface area contributed by atoms with E-state index in [1.54, 1.807) is 31.2 Å². The van der Waals surface area contributed by atoms with Crippen molar-refractivity contribution in [3.63, 3.8) is 0 Å². The minimum absolute atomic E-state index is 0.0130. The van der Waals surface area contributed by atoms with Gasteiger partial charge in [-0.15, -0.1) is 0 Å². The first kappa shape index (κ1) is 28.1. The third-order valence-electron chi connectivity index (χ3n) is 5.66. The maximum absolute atomic E-state index is 12.8. The maximum Gasteiger partial charge on any atom is 0.416 e. The summed E-state index contributed by atoms with van der Waals surface area (Å²) in [5, 5.41) is 14.3. The average molecular weight is 534 g/mol. The van der Waals surface area contributed by atoms with Crippen LogP contribution in [0.5, 0.6) is 5.75 Å². The number of nitrogens with zero attached hydrogens (tertiary/aromatic N) is 1. The number of carboxylic acid groups (broad SMARTS) is 1. The second-order valence-electron chi connectivity index (χ2n) is 8.34. The highest BCUT2D eigenvalue weighted by atomic mass is 35.5. The Kier molecular flexibility index (Phi) is 9.58. The van der Waals surface area contributed by atoms with Crippen molar-refractivity contribution in [3.8, 4) is 5.75 Å². The first-order valence-electron chi connectivity index (χ1n) is 11.7. The van der Waals surface area contributed by atoms with Crippen LogP contribution < -0.4 is 4.74 Å². The predicted octanol–water partition coefficient (Wildman–Crippen LogP) is 7.33. The fraction of sp³-hybridized carbons (Fsp3) is 0.286. The Morgan fingerprint density at radius 2 is 1.65 bits per heavy atom. The Bertz CT molecular complexity index is 1230. The third-order valence-corrected chi connectivity index (χ3v) is 5.91. The Labute approximate surface area is 218 Å². The molecule has 1 atom stereocenters. The van der Waals surface area contributed by atoms with Crippen molar-refractivity contribution in [2.75, 3.05) is 0 Å². The van der Waals surface area contributed by atoms with Gasteiger partial charge in [0.2, 0.25) is 0 Å². The molecule has 0 aliphatic heterocycles. The summed E-state index contributed by atoms with van der Waals surface area (Å²) in [6, 6.07) is 17.3. The zero-order valence-corrected chi connectivity index (χ0v) is 21.1. The van der Waals surface area contributed by atoms with Gasteiger partial charge in [0.05, 0.1) is 11.3 Å². The van der Waals surface area contributed by atoms with E-state index >= 15 is 0 Å². The molecule has 3 rings (SSSR count). The molecule has 0 aliphatic rings. The molecule has 3 aromatic carbocycles. The molecule has 196 valence electrons. The van der Waals surface area contributed by atoms with Gasteiger partial charge in [0.1, 0.15) is 12.4 Å². The van der Waals surface area contributed by atoms with Crippen LogP contribution in [0.2, 0.25) is 5.02 Å². The van der Waals surface area contributed by atoms with E-state index in [9.17, 15) is 23.1 Å². The number of hydrogen-bond donors (Lipinski definition) is 1. The summed E-state index contributed by atoms with van der Waals surface area (Å²) < 4.78 is 44.2. The molecule has 37 heavy (non-hydrogen) atoms. The van der Waals surface area contributed by atoms with E-state index in [4.69, 9.17) is 21.2 Å². The van der Waals surface area contributed by atoms with Crippen molar-refractivity contribution >= 4 is 23.3 Å². The Hall–Kier alpha value is -3.52. The maximum atomic E-state index is 12.8. The van der Waals surface area contributed by atoms with Gasteiger partial charge in [-0.3, -0.25) is 0 Å². The number of rotatable bonds is 11. The first-order chi connectivity index (χ1) is 17.6. The van der Waals surface area contributed by atoms with E-state index in [1.165, 1.54) is 12.1 Å². The number of oxime groups is 1. The second-order valence-corrected chi connectivity index (χ2v) is 8.77. The molecule has 0 radical (unpaired) electrons. The molecule has 0 saturated heterocycles. The number of aryl methyl sites for hydroxylation is 1. The lowest BCUT2D eigenvalue weighted by atomic mass is 9.99. The molecular formula is C28H27ClF3NO4. The summed E-state index contributed by atoms with van der Waals surface area (Å²) in [6.45, 7) is 3.66. The van der Waals surface area contributed by atoms with Gasteiger partial charge < -0.3 is 14.7 Å². The Morgan fingerprint density at radius 3 is 2.22 bits per heavy atom. The molecule has 0 spiro atoms. The van der Waals surface area contributed by atoms with Crippen LogP contribution in [0.1, 0.15) is 48.1 Å². The van der Waals surface area contributed by atoms with Gasteiger partial charge in [-0.25, -0.2) is 4.79 Å². The van der Waals surface area contributed by atoms with Crippen molar-refractivity contribution in [1.29, 1.82) is 0 Å². The van der Waals surface area contributed by atoms with Gasteiger partial charge in [-0.1, -0.05) is 54.9 Å². The highest BCUT2D eigenvalue weighted by molar-refractivity contribution is 6.30. The van der Waals surface area contributed by atoms with Crippen molar-refractivity contribution in [2.24, 2.45) is 5.16 Å². The van der Waals surface area contributed by atoms with Crippen LogP contribution in [0, 0.1) is 0 Å². The average Bonchev–Trinajstić information content (AvgIpc) is 2.87. The zero-order chi connectivity index (χ0) is 27.0. The van der Waals surface area contributed by atoms with Gasteiger partial charge in [0.15, 0.2) is 6.10 Å². The van der Waals surface area contributed by atoms with E-state index in [0.29, 0.717) is 41.3 Å². The minimum Gasteiger partial charge on any atom is -0.479 e. The molecule has 1 unspecified atom stereocenters. The number of alkyl halides is 3. The fourth-order valence-corrected chi connectivity index (χ4v) is 3.70. The van der Waals surface area contributed by atoms with Crippen molar-refractivity contribution in [2.45, 2.75) is 52.0 Å². The van der Waals surface area contributed by atoms with E-state index in [-0.39, 0.29) is 6.61 Å². The number of hydrogen-bond acceptors (Lipinski definition) is 4. The number of ether oxygens (including phenoxy) is 1. The molecule has 0 aromatic heterocycles. The molecule has 1 N–H and O–H groups in total. The van der Waals surface area contributed by atoms with Crippen LogP contribution in [-0.4, -0.2) is 22.9 Å². The number of carbonyl (C=O) groups is 1. The number of halogens is 4. The fourth-order valence-electron chi connectivity index (χ4n) is 3.57. The Morgan fingerprint density at radius 1 is 1.00 bits per heavy atom. The summed E-state index contributed by atoms with van der Waals surface area (Å²) in [7, 11) is 0. The van der Waals surface area contributed by atoms with Crippen LogP contribution in [0.15, 0.2) is 71.9 Å². The lowest BCUT2D eigenvalue weighted by Gasteiger charge is -2.17.